The van der Waals surface area contributed by atoms with Crippen molar-refractivity contribution in [2.75, 3.05) is 31.1 Å². The molecule has 2 saturated heterocycles. The predicted molar refractivity (Wildman–Crippen MR) is 102 cm³/mol. The lowest BCUT2D eigenvalue weighted by Crippen LogP contribution is -2.43. The smallest absolute Gasteiger partial charge is 0.215 e. The summed E-state index contributed by atoms with van der Waals surface area (Å²) in [6.45, 7) is 2.74. The predicted octanol–water partition coefficient (Wildman–Crippen LogP) is 2.98. The quantitative estimate of drug-likeness (QED) is 0.813. The zero-order valence-corrected chi connectivity index (χ0v) is 16.2. The lowest BCUT2D eigenvalue weighted by molar-refractivity contribution is 0.145. The van der Waals surface area contributed by atoms with E-state index in [-0.39, 0.29) is 5.75 Å². The van der Waals surface area contributed by atoms with Crippen LogP contribution >= 0.6 is 23.4 Å². The normalized spacial score (nSPS) is 23.6. The molecule has 0 aliphatic carbocycles. The molecule has 0 aromatic heterocycles. The molecule has 0 radical (unpaired) electrons. The Morgan fingerprint density at radius 2 is 1.96 bits per heavy atom. The first-order valence-electron chi connectivity index (χ1n) is 8.56. The van der Waals surface area contributed by atoms with E-state index in [1.54, 1.807) is 12.1 Å². The van der Waals surface area contributed by atoms with Crippen molar-refractivity contribution in [2.45, 2.75) is 31.1 Å². The maximum absolute atomic E-state index is 12.3. The monoisotopic (exact) mass is 388 g/mol. The highest BCUT2D eigenvalue weighted by molar-refractivity contribution is 7.99. The van der Waals surface area contributed by atoms with Gasteiger partial charge in [-0.2, -0.15) is 11.8 Å². The number of hydrogen-bond donors (Lipinski definition) is 1. The number of thioether (sulfide) groups is 1. The summed E-state index contributed by atoms with van der Waals surface area (Å²) in [5, 5.41) is 0.505. The average molecular weight is 389 g/mol. The van der Waals surface area contributed by atoms with Crippen LogP contribution in [0.3, 0.4) is 0 Å². The van der Waals surface area contributed by atoms with Gasteiger partial charge in [0, 0.05) is 23.4 Å². The van der Waals surface area contributed by atoms with Gasteiger partial charge in [0.15, 0.2) is 0 Å². The molecular formula is C17H25ClN2O2S2. The largest absolute Gasteiger partial charge is 0.300 e. The molecule has 0 unspecified atom stereocenters. The van der Waals surface area contributed by atoms with E-state index in [2.05, 4.69) is 9.62 Å². The van der Waals surface area contributed by atoms with Crippen LogP contribution in [0, 0.1) is 5.92 Å². The van der Waals surface area contributed by atoms with Crippen molar-refractivity contribution in [3.63, 3.8) is 0 Å². The maximum atomic E-state index is 12.3. The zero-order chi connectivity index (χ0) is 17.0. The number of benzene rings is 1. The molecule has 0 saturated carbocycles. The SMILES string of the molecule is O=S(=O)(Cc1ccccc1Cl)NCC1CCN([C@@H]2CCSC2)CC1. The fourth-order valence-corrected chi connectivity index (χ4v) is 6.24. The van der Waals surface area contributed by atoms with Gasteiger partial charge < -0.3 is 0 Å². The molecule has 1 N–H and O–H groups in total. The van der Waals surface area contributed by atoms with Crippen LogP contribution in [0.25, 0.3) is 0 Å². The summed E-state index contributed by atoms with van der Waals surface area (Å²) in [7, 11) is -3.34. The summed E-state index contributed by atoms with van der Waals surface area (Å²) in [4.78, 5) is 2.59. The molecule has 2 fully saturated rings. The van der Waals surface area contributed by atoms with Crippen molar-refractivity contribution in [2.24, 2.45) is 5.92 Å². The van der Waals surface area contributed by atoms with Gasteiger partial charge in [0.25, 0.3) is 0 Å². The number of piperidine rings is 1. The van der Waals surface area contributed by atoms with E-state index in [0.29, 0.717) is 23.0 Å². The van der Waals surface area contributed by atoms with Crippen LogP contribution in [0.2, 0.25) is 5.02 Å². The van der Waals surface area contributed by atoms with Crippen molar-refractivity contribution in [1.82, 2.24) is 9.62 Å². The van der Waals surface area contributed by atoms with E-state index < -0.39 is 10.0 Å². The molecule has 0 amide bonds. The van der Waals surface area contributed by atoms with Gasteiger partial charge >= 0.3 is 0 Å². The minimum absolute atomic E-state index is 0.0508. The van der Waals surface area contributed by atoms with Gasteiger partial charge in [0.1, 0.15) is 0 Å². The van der Waals surface area contributed by atoms with E-state index in [1.807, 2.05) is 23.9 Å². The first-order valence-corrected chi connectivity index (χ1v) is 11.7. The lowest BCUT2D eigenvalue weighted by atomic mass is 9.96. The number of rotatable bonds is 6. The summed E-state index contributed by atoms with van der Waals surface area (Å²) < 4.78 is 27.4. The average Bonchev–Trinajstić information content (AvgIpc) is 3.10. The van der Waals surface area contributed by atoms with E-state index in [1.165, 1.54) is 17.9 Å². The molecule has 2 aliphatic rings. The fourth-order valence-electron chi connectivity index (χ4n) is 3.45. The summed E-state index contributed by atoms with van der Waals surface area (Å²) in [6.07, 6.45) is 3.46. The fraction of sp³-hybridized carbons (Fsp3) is 0.647. The summed E-state index contributed by atoms with van der Waals surface area (Å²) in [5.74, 6) is 2.93. The molecule has 0 bridgehead atoms. The highest BCUT2D eigenvalue weighted by Gasteiger charge is 2.28. The summed E-state index contributed by atoms with van der Waals surface area (Å²) in [5.41, 5.74) is 0.653. The molecule has 134 valence electrons. The number of nitrogens with one attached hydrogen (secondary N) is 1. The molecule has 0 spiro atoms. The van der Waals surface area contributed by atoms with Crippen molar-refractivity contribution >= 4 is 33.4 Å². The maximum Gasteiger partial charge on any atom is 0.215 e. The first kappa shape index (κ1) is 18.5. The van der Waals surface area contributed by atoms with Crippen molar-refractivity contribution < 1.29 is 8.42 Å². The topological polar surface area (TPSA) is 49.4 Å². The second-order valence-electron chi connectivity index (χ2n) is 6.70. The molecule has 1 aromatic rings. The van der Waals surface area contributed by atoms with Crippen LogP contribution in [-0.2, 0) is 15.8 Å². The van der Waals surface area contributed by atoms with Gasteiger partial charge in [-0.25, -0.2) is 13.1 Å². The molecule has 2 aliphatic heterocycles. The van der Waals surface area contributed by atoms with Crippen LogP contribution in [-0.4, -0.2) is 50.5 Å². The van der Waals surface area contributed by atoms with E-state index in [0.717, 1.165) is 32.0 Å². The van der Waals surface area contributed by atoms with Gasteiger partial charge in [-0.15, -0.1) is 0 Å². The van der Waals surface area contributed by atoms with Crippen LogP contribution in [0.15, 0.2) is 24.3 Å². The zero-order valence-electron chi connectivity index (χ0n) is 13.8. The Kier molecular flexibility index (Phi) is 6.49. The minimum atomic E-state index is -3.34. The number of likely N-dealkylation sites (tertiary alicyclic amines) is 1. The molecule has 4 nitrogen and oxygen atoms in total. The summed E-state index contributed by atoms with van der Waals surface area (Å²) >= 11 is 8.11. The van der Waals surface area contributed by atoms with Gasteiger partial charge in [-0.05, 0) is 55.7 Å². The Morgan fingerprint density at radius 3 is 2.62 bits per heavy atom. The third-order valence-corrected chi connectivity index (χ3v) is 7.78. The van der Waals surface area contributed by atoms with Crippen molar-refractivity contribution in [3.8, 4) is 0 Å². The Bertz CT molecular complexity index is 640. The first-order chi connectivity index (χ1) is 11.5. The van der Waals surface area contributed by atoms with Crippen LogP contribution in [0.1, 0.15) is 24.8 Å². The highest BCUT2D eigenvalue weighted by atomic mass is 35.5. The van der Waals surface area contributed by atoms with Crippen LogP contribution in [0.5, 0.6) is 0 Å². The number of nitrogens with zero attached hydrogens (tertiary/aromatic N) is 1. The Balaban J connectivity index is 1.45. The third kappa shape index (κ3) is 5.11. The van der Waals surface area contributed by atoms with Gasteiger partial charge in [-0.3, -0.25) is 4.90 Å². The Labute approximate surface area is 154 Å². The number of sulfonamides is 1. The minimum Gasteiger partial charge on any atom is -0.300 e. The molecule has 7 heteroatoms. The molecular weight excluding hydrogens is 364 g/mol. The van der Waals surface area contributed by atoms with Crippen LogP contribution < -0.4 is 4.72 Å². The summed E-state index contributed by atoms with van der Waals surface area (Å²) in [6, 6.07) is 7.85. The number of halogens is 1. The van der Waals surface area contributed by atoms with E-state index in [4.69, 9.17) is 11.6 Å². The van der Waals surface area contributed by atoms with Crippen molar-refractivity contribution in [3.05, 3.63) is 34.9 Å². The molecule has 3 rings (SSSR count). The second-order valence-corrected chi connectivity index (χ2v) is 10.1. The number of hydrogen-bond acceptors (Lipinski definition) is 4. The second kappa shape index (κ2) is 8.41. The van der Waals surface area contributed by atoms with Gasteiger partial charge in [-0.1, -0.05) is 29.8 Å². The molecule has 2 heterocycles. The standard InChI is InChI=1S/C17H25ClN2O2S2/c18-17-4-2-1-3-15(17)13-24(21,22)19-11-14-5-8-20(9-6-14)16-7-10-23-12-16/h1-4,14,16,19H,5-13H2/t16-/m1/s1. The van der Waals surface area contributed by atoms with Gasteiger partial charge in [0.05, 0.1) is 5.75 Å². The third-order valence-electron chi connectivity index (χ3n) is 4.97. The van der Waals surface area contributed by atoms with Gasteiger partial charge in [0.2, 0.25) is 10.0 Å². The van der Waals surface area contributed by atoms with Crippen molar-refractivity contribution in [1.29, 1.82) is 0 Å². The lowest BCUT2D eigenvalue weighted by Gasteiger charge is -2.35. The van der Waals surface area contributed by atoms with E-state index in [9.17, 15) is 8.42 Å². The Hall–Kier alpha value is -0.270. The van der Waals surface area contributed by atoms with Crippen LogP contribution in [0.4, 0.5) is 0 Å². The Morgan fingerprint density at radius 1 is 1.21 bits per heavy atom. The van der Waals surface area contributed by atoms with E-state index >= 15 is 0 Å². The molecule has 24 heavy (non-hydrogen) atoms. The molecule has 1 aromatic carbocycles. The highest BCUT2D eigenvalue weighted by Crippen LogP contribution is 2.26. The molecule has 1 atom stereocenters.